The average molecular weight is 248 g/mol. The van der Waals surface area contributed by atoms with Crippen LogP contribution in [0, 0.1) is 10.1 Å². The molecule has 0 bridgehead atoms. The number of nitrogens with one attached hydrogen (secondary N) is 1. The fourth-order valence-electron chi connectivity index (χ4n) is 2.40. The Morgan fingerprint density at radius 3 is 2.89 bits per heavy atom. The van der Waals surface area contributed by atoms with Gasteiger partial charge >= 0.3 is 0 Å². The molecule has 4 nitrogen and oxygen atoms in total. The highest BCUT2D eigenvalue weighted by atomic mass is 16.6. The topological polar surface area (TPSA) is 55.2 Å². The third-order valence-corrected chi connectivity index (χ3v) is 3.64. The third-order valence-electron chi connectivity index (χ3n) is 3.64. The zero-order valence-corrected chi connectivity index (χ0v) is 11.0. The van der Waals surface area contributed by atoms with E-state index in [1.165, 1.54) is 11.1 Å². The summed E-state index contributed by atoms with van der Waals surface area (Å²) >= 11 is 0. The summed E-state index contributed by atoms with van der Waals surface area (Å²) in [5.41, 5.74) is 1.77. The minimum absolute atomic E-state index is 0.214. The van der Waals surface area contributed by atoms with Crippen molar-refractivity contribution in [2.24, 2.45) is 0 Å². The molecular weight excluding hydrogens is 228 g/mol. The van der Waals surface area contributed by atoms with E-state index in [4.69, 9.17) is 0 Å². The summed E-state index contributed by atoms with van der Waals surface area (Å²) in [5.74, 6) is 0. The number of nitrogens with zero attached hydrogens (tertiary/aromatic N) is 1. The van der Waals surface area contributed by atoms with Gasteiger partial charge in [-0.25, -0.2) is 0 Å². The van der Waals surface area contributed by atoms with E-state index >= 15 is 0 Å². The molecule has 0 aromatic heterocycles. The standard InChI is InChI=1S/C14H20N2O2/c1-14(2,16(17)18)10-15-13-9-5-7-11-6-3-4-8-12(11)13/h3-4,6,8,13,15H,5,7,9-10H2,1-2H3. The molecule has 0 heterocycles. The molecule has 1 aromatic rings. The monoisotopic (exact) mass is 248 g/mol. The van der Waals surface area contributed by atoms with E-state index in [1.54, 1.807) is 13.8 Å². The molecule has 0 saturated heterocycles. The molecule has 1 aliphatic rings. The molecule has 1 N–H and O–H groups in total. The predicted molar refractivity (Wildman–Crippen MR) is 71.2 cm³/mol. The fourth-order valence-corrected chi connectivity index (χ4v) is 2.40. The fraction of sp³-hybridized carbons (Fsp3) is 0.571. The van der Waals surface area contributed by atoms with Gasteiger partial charge in [0.25, 0.3) is 0 Å². The van der Waals surface area contributed by atoms with Crippen molar-refractivity contribution in [1.82, 2.24) is 5.32 Å². The van der Waals surface area contributed by atoms with Crippen molar-refractivity contribution >= 4 is 0 Å². The van der Waals surface area contributed by atoms with Gasteiger partial charge in [0.05, 0.1) is 6.54 Å². The smallest absolute Gasteiger partial charge is 0.229 e. The van der Waals surface area contributed by atoms with Crippen LogP contribution in [0.1, 0.15) is 43.9 Å². The maximum absolute atomic E-state index is 10.9. The summed E-state index contributed by atoms with van der Waals surface area (Å²) in [6, 6.07) is 8.64. The van der Waals surface area contributed by atoms with Crippen molar-refractivity contribution in [1.29, 1.82) is 0 Å². The second-order valence-corrected chi connectivity index (χ2v) is 5.59. The summed E-state index contributed by atoms with van der Waals surface area (Å²) in [6.07, 6.45) is 3.32. The number of hydrogen-bond donors (Lipinski definition) is 1. The van der Waals surface area contributed by atoms with Gasteiger partial charge in [-0.05, 0) is 30.4 Å². The van der Waals surface area contributed by atoms with Crippen LogP contribution < -0.4 is 5.32 Å². The van der Waals surface area contributed by atoms with Gasteiger partial charge in [0.2, 0.25) is 5.54 Å². The van der Waals surface area contributed by atoms with Gasteiger partial charge in [-0.3, -0.25) is 10.1 Å². The largest absolute Gasteiger partial charge is 0.303 e. The number of hydrogen-bond acceptors (Lipinski definition) is 3. The molecule has 0 aliphatic heterocycles. The molecule has 4 heteroatoms. The lowest BCUT2D eigenvalue weighted by Crippen LogP contribution is -2.43. The molecule has 1 unspecified atom stereocenters. The molecule has 0 fully saturated rings. The average Bonchev–Trinajstić information content (AvgIpc) is 2.36. The minimum atomic E-state index is -0.910. The van der Waals surface area contributed by atoms with Gasteiger partial charge in [0.1, 0.15) is 0 Å². The van der Waals surface area contributed by atoms with Crippen molar-refractivity contribution in [2.75, 3.05) is 6.54 Å². The van der Waals surface area contributed by atoms with Gasteiger partial charge in [-0.2, -0.15) is 0 Å². The number of nitro groups is 1. The van der Waals surface area contributed by atoms with Crippen molar-refractivity contribution in [3.8, 4) is 0 Å². The van der Waals surface area contributed by atoms with Crippen molar-refractivity contribution in [3.05, 3.63) is 45.5 Å². The summed E-state index contributed by atoms with van der Waals surface area (Å²) in [7, 11) is 0. The number of rotatable bonds is 4. The minimum Gasteiger partial charge on any atom is -0.303 e. The highest BCUT2D eigenvalue weighted by Crippen LogP contribution is 2.29. The van der Waals surface area contributed by atoms with E-state index in [-0.39, 0.29) is 11.0 Å². The Morgan fingerprint density at radius 2 is 2.17 bits per heavy atom. The van der Waals surface area contributed by atoms with Crippen LogP contribution in [0.25, 0.3) is 0 Å². The molecule has 98 valence electrons. The third kappa shape index (κ3) is 2.70. The second-order valence-electron chi connectivity index (χ2n) is 5.59. The summed E-state index contributed by atoms with van der Waals surface area (Å²) < 4.78 is 0. The molecule has 0 saturated carbocycles. The lowest BCUT2D eigenvalue weighted by molar-refractivity contribution is -0.558. The van der Waals surface area contributed by atoms with Gasteiger partial charge in [-0.1, -0.05) is 24.3 Å². The molecule has 2 rings (SSSR count). The molecule has 1 atom stereocenters. The van der Waals surface area contributed by atoms with Gasteiger partial charge < -0.3 is 5.32 Å². The molecule has 1 aliphatic carbocycles. The first-order valence-corrected chi connectivity index (χ1v) is 6.46. The molecule has 1 aromatic carbocycles. The van der Waals surface area contributed by atoms with E-state index in [0.29, 0.717) is 6.54 Å². The number of fused-ring (bicyclic) bond motifs is 1. The van der Waals surface area contributed by atoms with Crippen LogP contribution in [0.15, 0.2) is 24.3 Å². The van der Waals surface area contributed by atoms with Crippen molar-refractivity contribution in [3.63, 3.8) is 0 Å². The van der Waals surface area contributed by atoms with E-state index in [2.05, 4.69) is 23.5 Å². The van der Waals surface area contributed by atoms with Crippen LogP contribution in [0.2, 0.25) is 0 Å². The molecule has 0 spiro atoms. The van der Waals surface area contributed by atoms with Crippen molar-refractivity contribution < 1.29 is 4.92 Å². The first-order valence-electron chi connectivity index (χ1n) is 6.46. The Balaban J connectivity index is 2.06. The molecular formula is C14H20N2O2. The van der Waals surface area contributed by atoms with Crippen LogP contribution in [0.5, 0.6) is 0 Å². The number of aryl methyl sites for hydroxylation is 1. The maximum atomic E-state index is 10.9. The van der Waals surface area contributed by atoms with Crippen LogP contribution in [-0.4, -0.2) is 17.0 Å². The highest BCUT2D eigenvalue weighted by molar-refractivity contribution is 5.32. The summed E-state index contributed by atoms with van der Waals surface area (Å²) in [4.78, 5) is 10.7. The first-order chi connectivity index (χ1) is 8.50. The van der Waals surface area contributed by atoms with Crippen LogP contribution in [0.4, 0.5) is 0 Å². The predicted octanol–water partition coefficient (Wildman–Crippen LogP) is 2.71. The van der Waals surface area contributed by atoms with E-state index < -0.39 is 5.54 Å². The Bertz CT molecular complexity index is 443. The zero-order chi connectivity index (χ0) is 13.2. The van der Waals surface area contributed by atoms with Crippen LogP contribution in [-0.2, 0) is 6.42 Å². The Kier molecular flexibility index (Phi) is 3.66. The number of benzene rings is 1. The zero-order valence-electron chi connectivity index (χ0n) is 11.0. The first kappa shape index (κ1) is 13.0. The quantitative estimate of drug-likeness (QED) is 0.658. The van der Waals surface area contributed by atoms with Gasteiger partial charge in [0.15, 0.2) is 0 Å². The van der Waals surface area contributed by atoms with E-state index in [0.717, 1.165) is 19.3 Å². The highest BCUT2D eigenvalue weighted by Gasteiger charge is 2.32. The summed E-state index contributed by atoms with van der Waals surface area (Å²) in [6.45, 7) is 3.72. The Hall–Kier alpha value is -1.42. The molecule has 18 heavy (non-hydrogen) atoms. The summed E-state index contributed by atoms with van der Waals surface area (Å²) in [5, 5.41) is 14.3. The van der Waals surface area contributed by atoms with Crippen molar-refractivity contribution in [2.45, 2.75) is 44.7 Å². The lowest BCUT2D eigenvalue weighted by atomic mass is 9.87. The SMILES string of the molecule is CC(C)(CNC1CCCc2ccccc21)[N+](=O)[O-]. The molecule has 0 radical (unpaired) electrons. The lowest BCUT2D eigenvalue weighted by Gasteiger charge is -2.28. The van der Waals surface area contributed by atoms with Crippen LogP contribution >= 0.6 is 0 Å². The second kappa shape index (κ2) is 5.06. The Labute approximate surface area is 108 Å². The van der Waals surface area contributed by atoms with Gasteiger partial charge in [-0.15, -0.1) is 0 Å². The molecule has 0 amide bonds. The van der Waals surface area contributed by atoms with E-state index in [9.17, 15) is 10.1 Å². The van der Waals surface area contributed by atoms with E-state index in [1.807, 2.05) is 6.07 Å². The normalized spacial score (nSPS) is 19.3. The van der Waals surface area contributed by atoms with Crippen LogP contribution in [0.3, 0.4) is 0 Å². The Morgan fingerprint density at radius 1 is 1.44 bits per heavy atom. The van der Waals surface area contributed by atoms with Gasteiger partial charge in [0, 0.05) is 24.8 Å². The maximum Gasteiger partial charge on any atom is 0.229 e.